The van der Waals surface area contributed by atoms with E-state index in [0.717, 1.165) is 25.4 Å². The van der Waals surface area contributed by atoms with Crippen molar-refractivity contribution in [2.45, 2.75) is 52.9 Å². The van der Waals surface area contributed by atoms with Gasteiger partial charge >= 0.3 is 0 Å². The number of hydrogen-bond acceptors (Lipinski definition) is 3. The summed E-state index contributed by atoms with van der Waals surface area (Å²) in [7, 11) is 0. The van der Waals surface area contributed by atoms with Crippen LogP contribution in [0.5, 0.6) is 5.75 Å². The van der Waals surface area contributed by atoms with Gasteiger partial charge in [0.05, 0.1) is 11.7 Å². The second kappa shape index (κ2) is 7.51. The monoisotopic (exact) mass is 265 g/mol. The minimum atomic E-state index is -0.116. The zero-order valence-electron chi connectivity index (χ0n) is 12.8. The van der Waals surface area contributed by atoms with Crippen molar-refractivity contribution >= 4 is 0 Å². The smallest absolute Gasteiger partial charge is 0.119 e. The summed E-state index contributed by atoms with van der Waals surface area (Å²) in [6.07, 6.45) is 0.218. The van der Waals surface area contributed by atoms with Gasteiger partial charge in [-0.15, -0.1) is 0 Å². The van der Waals surface area contributed by atoms with E-state index >= 15 is 0 Å². The predicted molar refractivity (Wildman–Crippen MR) is 79.6 cm³/mol. The summed E-state index contributed by atoms with van der Waals surface area (Å²) in [4.78, 5) is 0. The molecule has 108 valence electrons. The lowest BCUT2D eigenvalue weighted by Gasteiger charge is -2.25. The van der Waals surface area contributed by atoms with Crippen molar-refractivity contribution in [3.05, 3.63) is 29.8 Å². The molecule has 1 aromatic carbocycles. The molecular weight excluding hydrogens is 238 g/mol. The van der Waals surface area contributed by atoms with Crippen molar-refractivity contribution in [3.63, 3.8) is 0 Å². The van der Waals surface area contributed by atoms with Gasteiger partial charge in [0.25, 0.3) is 0 Å². The molecule has 0 spiro atoms. The molecule has 0 unspecified atom stereocenters. The van der Waals surface area contributed by atoms with Gasteiger partial charge in [-0.2, -0.15) is 0 Å². The Labute approximate surface area is 117 Å². The van der Waals surface area contributed by atoms with Crippen LogP contribution in [0.4, 0.5) is 0 Å². The molecule has 0 radical (unpaired) electrons. The second-order valence-electron chi connectivity index (χ2n) is 5.61. The highest BCUT2D eigenvalue weighted by molar-refractivity contribution is 5.27. The van der Waals surface area contributed by atoms with Crippen LogP contribution in [0.1, 0.15) is 40.2 Å². The number of benzene rings is 1. The first kappa shape index (κ1) is 16.0. The number of hydrogen-bond donors (Lipinski definition) is 1. The molecule has 1 N–H and O–H groups in total. The third kappa shape index (κ3) is 6.60. The normalized spacial score (nSPS) is 11.9. The van der Waals surface area contributed by atoms with Crippen molar-refractivity contribution in [1.29, 1.82) is 0 Å². The largest absolute Gasteiger partial charge is 0.491 e. The predicted octanol–water partition coefficient (Wildman–Crippen LogP) is 3.38. The highest BCUT2D eigenvalue weighted by Crippen LogP contribution is 2.14. The molecule has 0 aliphatic carbocycles. The minimum absolute atomic E-state index is 0.116. The van der Waals surface area contributed by atoms with Crippen molar-refractivity contribution in [2.75, 3.05) is 13.2 Å². The fourth-order valence-electron chi connectivity index (χ4n) is 1.91. The van der Waals surface area contributed by atoms with Crippen LogP contribution >= 0.6 is 0 Å². The topological polar surface area (TPSA) is 30.5 Å². The van der Waals surface area contributed by atoms with E-state index in [-0.39, 0.29) is 11.7 Å². The number of rotatable bonds is 8. The molecule has 3 heteroatoms. The molecule has 0 aromatic heterocycles. The van der Waals surface area contributed by atoms with Gasteiger partial charge in [0.1, 0.15) is 5.75 Å². The fraction of sp³-hybridized carbons (Fsp3) is 0.625. The molecule has 0 aliphatic rings. The Kier molecular flexibility index (Phi) is 6.32. The Morgan fingerprint density at radius 3 is 2.32 bits per heavy atom. The quantitative estimate of drug-likeness (QED) is 0.781. The first-order valence-electron chi connectivity index (χ1n) is 7.03. The summed E-state index contributed by atoms with van der Waals surface area (Å²) in [5.74, 6) is 0.924. The molecule has 0 heterocycles. The third-order valence-corrected chi connectivity index (χ3v) is 2.71. The van der Waals surface area contributed by atoms with Gasteiger partial charge in [-0.3, -0.25) is 0 Å². The van der Waals surface area contributed by atoms with Crippen molar-refractivity contribution in [3.8, 4) is 5.75 Å². The molecule has 19 heavy (non-hydrogen) atoms. The standard InChI is InChI=1S/C16H27NO2/c1-6-18-16(4,5)12-17-11-14-7-9-15(10-8-14)19-13(2)3/h7-10,13,17H,6,11-12H2,1-5H3. The highest BCUT2D eigenvalue weighted by atomic mass is 16.5. The average Bonchev–Trinajstić information content (AvgIpc) is 2.30. The van der Waals surface area contributed by atoms with E-state index in [1.54, 1.807) is 0 Å². The van der Waals surface area contributed by atoms with Crippen LogP contribution in [0, 0.1) is 0 Å². The summed E-state index contributed by atoms with van der Waals surface area (Å²) in [5.41, 5.74) is 1.14. The van der Waals surface area contributed by atoms with Crippen LogP contribution < -0.4 is 10.1 Å². The first-order chi connectivity index (χ1) is 8.93. The maximum Gasteiger partial charge on any atom is 0.119 e. The lowest BCUT2D eigenvalue weighted by molar-refractivity contribution is -0.00897. The lowest BCUT2D eigenvalue weighted by Crippen LogP contribution is -2.37. The molecule has 0 amide bonds. The summed E-state index contributed by atoms with van der Waals surface area (Å²) in [5, 5.41) is 3.42. The van der Waals surface area contributed by atoms with E-state index < -0.39 is 0 Å². The summed E-state index contributed by atoms with van der Waals surface area (Å²) in [6.45, 7) is 12.7. The molecule has 0 atom stereocenters. The van der Waals surface area contributed by atoms with Crippen LogP contribution in [0.25, 0.3) is 0 Å². The summed E-state index contributed by atoms with van der Waals surface area (Å²) in [6, 6.07) is 8.23. The molecule has 1 rings (SSSR count). The van der Waals surface area contributed by atoms with E-state index in [4.69, 9.17) is 9.47 Å². The maximum absolute atomic E-state index is 5.65. The van der Waals surface area contributed by atoms with Gasteiger partial charge in [-0.05, 0) is 52.3 Å². The first-order valence-corrected chi connectivity index (χ1v) is 7.03. The van der Waals surface area contributed by atoms with Gasteiger partial charge in [-0.1, -0.05) is 12.1 Å². The SMILES string of the molecule is CCOC(C)(C)CNCc1ccc(OC(C)C)cc1. The van der Waals surface area contributed by atoms with Crippen molar-refractivity contribution in [2.24, 2.45) is 0 Å². The van der Waals surface area contributed by atoms with Crippen LogP contribution in [-0.2, 0) is 11.3 Å². The second-order valence-corrected chi connectivity index (χ2v) is 5.61. The lowest BCUT2D eigenvalue weighted by atomic mass is 10.1. The number of nitrogens with one attached hydrogen (secondary N) is 1. The Balaban J connectivity index is 2.38. The van der Waals surface area contributed by atoms with E-state index in [0.29, 0.717) is 0 Å². The average molecular weight is 265 g/mol. The molecule has 0 fully saturated rings. The Bertz CT molecular complexity index is 358. The molecular formula is C16H27NO2. The molecule has 0 aliphatic heterocycles. The van der Waals surface area contributed by atoms with Crippen LogP contribution in [0.3, 0.4) is 0 Å². The van der Waals surface area contributed by atoms with Gasteiger partial charge in [0.15, 0.2) is 0 Å². The van der Waals surface area contributed by atoms with Gasteiger partial charge in [0, 0.05) is 19.7 Å². The molecule has 1 aromatic rings. The summed E-state index contributed by atoms with van der Waals surface area (Å²) < 4.78 is 11.3. The third-order valence-electron chi connectivity index (χ3n) is 2.71. The van der Waals surface area contributed by atoms with Crippen molar-refractivity contribution < 1.29 is 9.47 Å². The maximum atomic E-state index is 5.65. The van der Waals surface area contributed by atoms with Gasteiger partial charge in [-0.25, -0.2) is 0 Å². The molecule has 3 nitrogen and oxygen atoms in total. The van der Waals surface area contributed by atoms with E-state index in [9.17, 15) is 0 Å². The number of ether oxygens (including phenoxy) is 2. The molecule has 0 saturated carbocycles. The zero-order chi connectivity index (χ0) is 14.3. The van der Waals surface area contributed by atoms with Crippen LogP contribution in [0.2, 0.25) is 0 Å². The Morgan fingerprint density at radius 1 is 1.16 bits per heavy atom. The fourth-order valence-corrected chi connectivity index (χ4v) is 1.91. The zero-order valence-corrected chi connectivity index (χ0v) is 12.8. The van der Waals surface area contributed by atoms with E-state index in [2.05, 4.69) is 31.3 Å². The van der Waals surface area contributed by atoms with Crippen LogP contribution in [0.15, 0.2) is 24.3 Å². The summed E-state index contributed by atoms with van der Waals surface area (Å²) >= 11 is 0. The van der Waals surface area contributed by atoms with E-state index in [1.807, 2.05) is 32.9 Å². The van der Waals surface area contributed by atoms with Crippen molar-refractivity contribution in [1.82, 2.24) is 5.32 Å². The Hall–Kier alpha value is -1.06. The van der Waals surface area contributed by atoms with Gasteiger partial charge in [0.2, 0.25) is 0 Å². The molecule has 0 bridgehead atoms. The highest BCUT2D eigenvalue weighted by Gasteiger charge is 2.16. The van der Waals surface area contributed by atoms with Crippen LogP contribution in [-0.4, -0.2) is 24.9 Å². The van der Waals surface area contributed by atoms with Gasteiger partial charge < -0.3 is 14.8 Å². The minimum Gasteiger partial charge on any atom is -0.491 e. The van der Waals surface area contributed by atoms with E-state index in [1.165, 1.54) is 5.56 Å². The Morgan fingerprint density at radius 2 is 1.79 bits per heavy atom. The molecule has 0 saturated heterocycles.